The SMILES string of the molecule is CCCCCCCCCC1(C(O)(CC)Oc2ccccc2)CCCO1. The van der Waals surface area contributed by atoms with Gasteiger partial charge < -0.3 is 14.6 Å². The van der Waals surface area contributed by atoms with E-state index in [1.807, 2.05) is 37.3 Å². The summed E-state index contributed by atoms with van der Waals surface area (Å²) in [4.78, 5) is 0. The van der Waals surface area contributed by atoms with Crippen molar-refractivity contribution in [3.63, 3.8) is 0 Å². The summed E-state index contributed by atoms with van der Waals surface area (Å²) in [6.45, 7) is 4.95. The first kappa shape index (κ1) is 20.3. The first-order valence-corrected chi connectivity index (χ1v) is 10.3. The summed E-state index contributed by atoms with van der Waals surface area (Å²) in [5.74, 6) is -0.547. The van der Waals surface area contributed by atoms with E-state index in [1.165, 1.54) is 38.5 Å². The van der Waals surface area contributed by atoms with Crippen LogP contribution in [0.5, 0.6) is 5.75 Å². The molecular weight excluding hydrogens is 312 g/mol. The average molecular weight is 349 g/mol. The monoisotopic (exact) mass is 348 g/mol. The second kappa shape index (κ2) is 10.2. The van der Waals surface area contributed by atoms with Crippen LogP contribution in [0.15, 0.2) is 30.3 Å². The van der Waals surface area contributed by atoms with E-state index >= 15 is 0 Å². The molecular formula is C22H36O3. The molecule has 0 amide bonds. The predicted molar refractivity (Wildman–Crippen MR) is 103 cm³/mol. The Labute approximate surface area is 153 Å². The van der Waals surface area contributed by atoms with Gasteiger partial charge in [-0.1, -0.05) is 77.0 Å². The number of hydrogen-bond donors (Lipinski definition) is 1. The Kier molecular flexibility index (Phi) is 8.25. The van der Waals surface area contributed by atoms with Crippen molar-refractivity contribution >= 4 is 0 Å². The third-order valence-electron chi connectivity index (χ3n) is 5.51. The topological polar surface area (TPSA) is 38.7 Å². The zero-order valence-corrected chi connectivity index (χ0v) is 16.1. The number of para-hydroxylation sites is 1. The van der Waals surface area contributed by atoms with Crippen molar-refractivity contribution in [2.75, 3.05) is 6.61 Å². The number of ether oxygens (including phenoxy) is 2. The van der Waals surface area contributed by atoms with E-state index in [2.05, 4.69) is 6.92 Å². The quantitative estimate of drug-likeness (QED) is 0.380. The van der Waals surface area contributed by atoms with Crippen molar-refractivity contribution in [2.45, 2.75) is 95.9 Å². The van der Waals surface area contributed by atoms with Gasteiger partial charge in [0.1, 0.15) is 11.4 Å². The molecule has 0 radical (unpaired) electrons. The van der Waals surface area contributed by atoms with Crippen molar-refractivity contribution in [2.24, 2.45) is 0 Å². The third-order valence-corrected chi connectivity index (χ3v) is 5.51. The molecule has 0 spiro atoms. The Morgan fingerprint density at radius 3 is 2.32 bits per heavy atom. The first-order valence-electron chi connectivity index (χ1n) is 10.3. The molecule has 0 saturated carbocycles. The van der Waals surface area contributed by atoms with Crippen LogP contribution in [0.25, 0.3) is 0 Å². The first-order chi connectivity index (χ1) is 12.2. The molecule has 3 nitrogen and oxygen atoms in total. The van der Waals surface area contributed by atoms with Gasteiger partial charge in [-0.05, 0) is 31.4 Å². The van der Waals surface area contributed by atoms with E-state index in [1.54, 1.807) is 0 Å². The van der Waals surface area contributed by atoms with E-state index in [4.69, 9.17) is 9.47 Å². The maximum Gasteiger partial charge on any atom is 0.237 e. The van der Waals surface area contributed by atoms with Gasteiger partial charge >= 0.3 is 0 Å². The van der Waals surface area contributed by atoms with Crippen LogP contribution in [0.2, 0.25) is 0 Å². The van der Waals surface area contributed by atoms with E-state index in [0.29, 0.717) is 12.2 Å². The highest BCUT2D eigenvalue weighted by atomic mass is 16.7. The summed E-state index contributed by atoms with van der Waals surface area (Å²) in [5.41, 5.74) is -0.568. The van der Waals surface area contributed by atoms with Gasteiger partial charge in [-0.15, -0.1) is 0 Å². The number of hydrogen-bond acceptors (Lipinski definition) is 3. The zero-order valence-electron chi connectivity index (χ0n) is 16.1. The maximum atomic E-state index is 11.3. The van der Waals surface area contributed by atoms with Crippen LogP contribution in [-0.4, -0.2) is 23.1 Å². The normalized spacial score (nSPS) is 22.7. The van der Waals surface area contributed by atoms with Crippen LogP contribution in [0, 0.1) is 0 Å². The van der Waals surface area contributed by atoms with Gasteiger partial charge in [0, 0.05) is 13.0 Å². The third kappa shape index (κ3) is 5.46. The minimum absolute atomic E-state index is 0.526. The lowest BCUT2D eigenvalue weighted by molar-refractivity contribution is -0.264. The number of benzene rings is 1. The van der Waals surface area contributed by atoms with Crippen molar-refractivity contribution in [1.82, 2.24) is 0 Å². The Bertz CT molecular complexity index is 467. The fraction of sp³-hybridized carbons (Fsp3) is 0.727. The summed E-state index contributed by atoms with van der Waals surface area (Å²) in [5, 5.41) is 11.3. The van der Waals surface area contributed by atoms with Crippen molar-refractivity contribution in [1.29, 1.82) is 0 Å². The van der Waals surface area contributed by atoms with E-state index < -0.39 is 11.4 Å². The van der Waals surface area contributed by atoms with Crippen LogP contribution in [-0.2, 0) is 4.74 Å². The lowest BCUT2D eigenvalue weighted by Crippen LogP contribution is -2.57. The summed E-state index contributed by atoms with van der Waals surface area (Å²) < 4.78 is 12.2. The molecule has 3 heteroatoms. The molecule has 2 rings (SSSR count). The second-order valence-electron chi connectivity index (χ2n) is 7.37. The number of aliphatic hydroxyl groups is 1. The molecule has 2 atom stereocenters. The van der Waals surface area contributed by atoms with Crippen LogP contribution >= 0.6 is 0 Å². The average Bonchev–Trinajstić information content (AvgIpc) is 3.12. The van der Waals surface area contributed by atoms with Crippen LogP contribution < -0.4 is 4.74 Å². The standard InChI is InChI=1S/C22H36O3/c1-3-5-6-7-8-9-13-17-21(18-14-19-24-21)22(23,4-2)25-20-15-11-10-12-16-20/h10-12,15-16,23H,3-9,13-14,17-19H2,1-2H3. The molecule has 1 aromatic carbocycles. The van der Waals surface area contributed by atoms with Crippen molar-refractivity contribution in [3.8, 4) is 5.75 Å². The fourth-order valence-electron chi connectivity index (χ4n) is 3.94. The molecule has 1 aliphatic rings. The van der Waals surface area contributed by atoms with Gasteiger partial charge in [0.25, 0.3) is 0 Å². The Morgan fingerprint density at radius 2 is 1.72 bits per heavy atom. The summed E-state index contributed by atoms with van der Waals surface area (Å²) in [7, 11) is 0. The van der Waals surface area contributed by atoms with Gasteiger partial charge in [-0.25, -0.2) is 0 Å². The van der Waals surface area contributed by atoms with Crippen molar-refractivity contribution < 1.29 is 14.6 Å². The molecule has 142 valence electrons. The fourth-order valence-corrected chi connectivity index (χ4v) is 3.94. The lowest BCUT2D eigenvalue weighted by Gasteiger charge is -2.43. The Balaban J connectivity index is 1.93. The maximum absolute atomic E-state index is 11.3. The number of rotatable bonds is 12. The molecule has 0 aliphatic carbocycles. The van der Waals surface area contributed by atoms with Gasteiger partial charge in [0.2, 0.25) is 5.79 Å². The van der Waals surface area contributed by atoms with Crippen LogP contribution in [0.1, 0.15) is 84.5 Å². The highest BCUT2D eigenvalue weighted by molar-refractivity contribution is 5.22. The lowest BCUT2D eigenvalue weighted by atomic mass is 9.82. The van der Waals surface area contributed by atoms with Crippen LogP contribution in [0.3, 0.4) is 0 Å². The molecule has 1 aliphatic heterocycles. The van der Waals surface area contributed by atoms with Gasteiger partial charge in [-0.2, -0.15) is 0 Å². The number of unbranched alkanes of at least 4 members (excludes halogenated alkanes) is 6. The Morgan fingerprint density at radius 1 is 1.04 bits per heavy atom. The molecule has 1 heterocycles. The molecule has 1 saturated heterocycles. The molecule has 1 N–H and O–H groups in total. The Hall–Kier alpha value is -1.06. The van der Waals surface area contributed by atoms with E-state index in [0.717, 1.165) is 32.3 Å². The highest BCUT2D eigenvalue weighted by Crippen LogP contribution is 2.43. The minimum Gasteiger partial charge on any atom is -0.459 e. The largest absolute Gasteiger partial charge is 0.459 e. The van der Waals surface area contributed by atoms with Gasteiger partial charge in [-0.3, -0.25) is 0 Å². The highest BCUT2D eigenvalue weighted by Gasteiger charge is 2.54. The van der Waals surface area contributed by atoms with Crippen molar-refractivity contribution in [3.05, 3.63) is 30.3 Å². The van der Waals surface area contributed by atoms with E-state index in [-0.39, 0.29) is 0 Å². The zero-order chi connectivity index (χ0) is 18.0. The van der Waals surface area contributed by atoms with E-state index in [9.17, 15) is 5.11 Å². The summed E-state index contributed by atoms with van der Waals surface area (Å²) >= 11 is 0. The molecule has 25 heavy (non-hydrogen) atoms. The molecule has 2 unspecified atom stereocenters. The summed E-state index contributed by atoms with van der Waals surface area (Å²) in [6.07, 6.45) is 12.1. The molecule has 0 aromatic heterocycles. The predicted octanol–water partition coefficient (Wildman–Crippen LogP) is 5.85. The molecule has 1 fully saturated rings. The van der Waals surface area contributed by atoms with Gasteiger partial charge in [0.15, 0.2) is 0 Å². The molecule has 1 aromatic rings. The second-order valence-corrected chi connectivity index (χ2v) is 7.37. The summed E-state index contributed by atoms with van der Waals surface area (Å²) in [6, 6.07) is 9.63. The van der Waals surface area contributed by atoms with Crippen LogP contribution in [0.4, 0.5) is 0 Å². The minimum atomic E-state index is -1.26. The molecule has 0 bridgehead atoms. The smallest absolute Gasteiger partial charge is 0.237 e. The van der Waals surface area contributed by atoms with Gasteiger partial charge in [0.05, 0.1) is 0 Å².